The third kappa shape index (κ3) is 6.32. The Morgan fingerprint density at radius 3 is 2.41 bits per heavy atom. The number of aromatic nitrogens is 3. The van der Waals surface area contributed by atoms with Gasteiger partial charge in [-0.1, -0.05) is 77.4 Å². The van der Waals surface area contributed by atoms with Crippen molar-refractivity contribution in [2.45, 2.75) is 37.4 Å². The van der Waals surface area contributed by atoms with E-state index < -0.39 is 12.0 Å². The number of benzene rings is 3. The average molecular weight is 612 g/mol. The second-order valence-corrected chi connectivity index (χ2v) is 10.9. The van der Waals surface area contributed by atoms with Gasteiger partial charge < -0.3 is 19.5 Å². The molecule has 0 radical (unpaired) electrons. The average Bonchev–Trinajstić information content (AvgIpc) is 3.38. The molecule has 41 heavy (non-hydrogen) atoms. The molecule has 0 fully saturated rings. The summed E-state index contributed by atoms with van der Waals surface area (Å²) in [5.74, 6) is 1.71. The molecule has 1 atom stereocenters. The van der Waals surface area contributed by atoms with Gasteiger partial charge in [0.05, 0.1) is 19.3 Å². The summed E-state index contributed by atoms with van der Waals surface area (Å²) in [4.78, 5) is 17.9. The molecular weight excluding hydrogens is 583 g/mol. The lowest BCUT2D eigenvalue weighted by Gasteiger charge is -2.28. The Bertz CT molecular complexity index is 1610. The third-order valence-electron chi connectivity index (χ3n) is 6.49. The van der Waals surface area contributed by atoms with E-state index in [1.165, 1.54) is 11.8 Å². The zero-order valence-corrected chi connectivity index (χ0v) is 25.0. The molecule has 212 valence electrons. The number of hydrogen-bond donors (Lipinski definition) is 1. The van der Waals surface area contributed by atoms with E-state index in [4.69, 9.17) is 47.5 Å². The number of allylic oxidation sites excluding steroid dienone is 1. The molecule has 1 N–H and O–H groups in total. The molecule has 1 unspecified atom stereocenters. The number of rotatable bonds is 10. The number of carbonyl (C=O) groups excluding carboxylic acids is 1. The number of thioether (sulfide) groups is 1. The van der Waals surface area contributed by atoms with Crippen LogP contribution in [0.3, 0.4) is 0 Å². The predicted molar refractivity (Wildman–Crippen MR) is 161 cm³/mol. The number of methoxy groups -OCH3 is 1. The Hall–Kier alpha value is -3.66. The maximum atomic E-state index is 13.2. The van der Waals surface area contributed by atoms with Crippen LogP contribution in [0.15, 0.2) is 83.2 Å². The molecule has 1 aromatic heterocycles. The normalized spacial score (nSPS) is 14.3. The quantitative estimate of drug-likeness (QED) is 0.148. The van der Waals surface area contributed by atoms with E-state index in [9.17, 15) is 4.79 Å². The highest BCUT2D eigenvalue weighted by Gasteiger charge is 2.35. The Morgan fingerprint density at radius 1 is 1.02 bits per heavy atom. The largest absolute Gasteiger partial charge is 0.493 e. The van der Waals surface area contributed by atoms with Crippen LogP contribution in [0.25, 0.3) is 0 Å². The molecule has 1 aliphatic rings. The molecule has 0 bridgehead atoms. The highest BCUT2D eigenvalue weighted by atomic mass is 35.5. The number of halogens is 2. The fourth-order valence-electron chi connectivity index (χ4n) is 4.48. The van der Waals surface area contributed by atoms with Crippen LogP contribution in [0.2, 0.25) is 10.0 Å². The van der Waals surface area contributed by atoms with Gasteiger partial charge in [-0.05, 0) is 49.2 Å². The molecule has 0 spiro atoms. The number of hydrogen-bond acceptors (Lipinski definition) is 8. The minimum Gasteiger partial charge on any atom is -0.493 e. The van der Waals surface area contributed by atoms with Gasteiger partial charge in [0, 0.05) is 27.1 Å². The Morgan fingerprint density at radius 2 is 1.73 bits per heavy atom. The van der Waals surface area contributed by atoms with Crippen LogP contribution >= 0.6 is 35.0 Å². The Labute approximate surface area is 252 Å². The summed E-state index contributed by atoms with van der Waals surface area (Å²) in [5, 5.41) is 9.86. The van der Waals surface area contributed by atoms with Gasteiger partial charge in [0.2, 0.25) is 11.1 Å². The molecular formula is C30H28Cl2N4O4S. The lowest BCUT2D eigenvalue weighted by molar-refractivity contribution is -0.139. The number of anilines is 1. The van der Waals surface area contributed by atoms with Crippen LogP contribution in [0, 0.1) is 0 Å². The van der Waals surface area contributed by atoms with Gasteiger partial charge in [-0.25, -0.2) is 9.48 Å². The van der Waals surface area contributed by atoms with Gasteiger partial charge in [-0.2, -0.15) is 4.98 Å². The molecule has 5 rings (SSSR count). The number of nitrogens with one attached hydrogen (secondary N) is 1. The fourth-order valence-corrected chi connectivity index (χ4v) is 5.78. The Kier molecular flexibility index (Phi) is 9.07. The zero-order chi connectivity index (χ0) is 28.9. The first-order chi connectivity index (χ1) is 19.9. The SMILES string of the molecule is CCOC(=O)C1=C(C)Nc2nc(SCc3ccccc3Cl)nn2C1c1ccc(OCc2ccccc2Cl)c(OC)c1. The molecule has 0 saturated heterocycles. The van der Waals surface area contributed by atoms with E-state index in [0.717, 1.165) is 16.7 Å². The van der Waals surface area contributed by atoms with Crippen molar-refractivity contribution in [3.05, 3.63) is 105 Å². The molecule has 0 saturated carbocycles. The summed E-state index contributed by atoms with van der Waals surface area (Å²) in [6, 6.07) is 20.1. The first kappa shape index (κ1) is 28.9. The smallest absolute Gasteiger partial charge is 0.338 e. The number of carbonyl (C=O) groups is 1. The second-order valence-electron chi connectivity index (χ2n) is 9.12. The minimum atomic E-state index is -0.612. The van der Waals surface area contributed by atoms with Crippen molar-refractivity contribution in [3.63, 3.8) is 0 Å². The van der Waals surface area contributed by atoms with Gasteiger partial charge in [0.25, 0.3) is 0 Å². The molecule has 1 aliphatic heterocycles. The Balaban J connectivity index is 1.48. The summed E-state index contributed by atoms with van der Waals surface area (Å²) < 4.78 is 18.9. The van der Waals surface area contributed by atoms with Crippen LogP contribution < -0.4 is 14.8 Å². The summed E-state index contributed by atoms with van der Waals surface area (Å²) in [6.45, 7) is 4.11. The first-order valence-electron chi connectivity index (χ1n) is 12.9. The molecule has 8 nitrogen and oxygen atoms in total. The minimum absolute atomic E-state index is 0.240. The number of esters is 1. The van der Waals surface area contributed by atoms with Crippen LogP contribution in [0.4, 0.5) is 5.95 Å². The van der Waals surface area contributed by atoms with E-state index in [-0.39, 0.29) is 13.2 Å². The number of fused-ring (bicyclic) bond motifs is 1. The molecule has 4 aromatic rings. The van der Waals surface area contributed by atoms with E-state index in [1.807, 2.05) is 73.7 Å². The first-order valence-corrected chi connectivity index (χ1v) is 14.7. The van der Waals surface area contributed by atoms with Crippen molar-refractivity contribution in [2.24, 2.45) is 0 Å². The number of ether oxygens (including phenoxy) is 3. The van der Waals surface area contributed by atoms with E-state index >= 15 is 0 Å². The van der Waals surface area contributed by atoms with Gasteiger partial charge in [0.15, 0.2) is 11.5 Å². The maximum absolute atomic E-state index is 13.2. The van der Waals surface area contributed by atoms with Gasteiger partial charge in [-0.15, -0.1) is 5.10 Å². The van der Waals surface area contributed by atoms with Crippen molar-refractivity contribution >= 4 is 46.9 Å². The molecule has 3 aromatic carbocycles. The van der Waals surface area contributed by atoms with Gasteiger partial charge >= 0.3 is 5.97 Å². The van der Waals surface area contributed by atoms with Crippen molar-refractivity contribution in [2.75, 3.05) is 19.0 Å². The lowest BCUT2D eigenvalue weighted by atomic mass is 9.95. The molecule has 0 aliphatic carbocycles. The highest BCUT2D eigenvalue weighted by Crippen LogP contribution is 2.40. The van der Waals surface area contributed by atoms with E-state index in [1.54, 1.807) is 18.7 Å². The summed E-state index contributed by atoms with van der Waals surface area (Å²) >= 11 is 14.1. The fraction of sp³-hybridized carbons (Fsp3) is 0.233. The van der Waals surface area contributed by atoms with Crippen molar-refractivity contribution in [3.8, 4) is 11.5 Å². The van der Waals surface area contributed by atoms with Crippen molar-refractivity contribution in [1.82, 2.24) is 14.8 Å². The highest BCUT2D eigenvalue weighted by molar-refractivity contribution is 7.98. The molecule has 11 heteroatoms. The summed E-state index contributed by atoms with van der Waals surface area (Å²) in [7, 11) is 1.57. The van der Waals surface area contributed by atoms with E-state index in [2.05, 4.69) is 5.32 Å². The van der Waals surface area contributed by atoms with Crippen molar-refractivity contribution < 1.29 is 19.0 Å². The zero-order valence-electron chi connectivity index (χ0n) is 22.7. The van der Waals surface area contributed by atoms with Crippen LogP contribution in [0.5, 0.6) is 11.5 Å². The second kappa shape index (κ2) is 12.9. The van der Waals surface area contributed by atoms with Crippen molar-refractivity contribution in [1.29, 1.82) is 0 Å². The topological polar surface area (TPSA) is 87.5 Å². The summed E-state index contributed by atoms with van der Waals surface area (Å²) in [5.41, 5.74) is 3.66. The van der Waals surface area contributed by atoms with Crippen LogP contribution in [-0.2, 0) is 21.9 Å². The van der Waals surface area contributed by atoms with E-state index in [0.29, 0.717) is 49.7 Å². The third-order valence-corrected chi connectivity index (χ3v) is 8.11. The van der Waals surface area contributed by atoms with Crippen LogP contribution in [-0.4, -0.2) is 34.5 Å². The van der Waals surface area contributed by atoms with Crippen LogP contribution in [0.1, 0.15) is 36.6 Å². The van der Waals surface area contributed by atoms with Gasteiger partial charge in [-0.3, -0.25) is 0 Å². The molecule has 2 heterocycles. The summed E-state index contributed by atoms with van der Waals surface area (Å²) in [6.07, 6.45) is 0. The number of nitrogens with zero attached hydrogens (tertiary/aromatic N) is 3. The monoisotopic (exact) mass is 610 g/mol. The lowest BCUT2D eigenvalue weighted by Crippen LogP contribution is -2.29. The standard InChI is InChI=1S/C30H28Cl2N4O4S/c1-4-39-28(37)26-18(2)33-29-34-30(41-17-21-10-6-8-12-23(21)32)35-36(29)27(26)19-13-14-24(25(15-19)38-3)40-16-20-9-5-7-11-22(20)31/h5-15,27H,4,16-17H2,1-3H3,(H,33,34,35). The van der Waals surface area contributed by atoms with Gasteiger partial charge in [0.1, 0.15) is 12.6 Å². The molecule has 0 amide bonds. The predicted octanol–water partition coefficient (Wildman–Crippen LogP) is 7.32. The maximum Gasteiger partial charge on any atom is 0.338 e.